The molecule has 2 aliphatic carbocycles. The number of sulfonamides is 1. The SMILES string of the molecule is CC#C[C@@]1(O)/C=C\C[C@H](C)[C@@H](C)S(=O)(=O)NC(=O)c2ccc3c(c2)N(C[C@@H]2CC[C@H]21)C[C@@]1(CCCc2cc(Cl)ccc21)CO3. The van der Waals surface area contributed by atoms with E-state index in [9.17, 15) is 18.3 Å². The first-order valence-electron chi connectivity index (χ1n) is 15.7. The summed E-state index contributed by atoms with van der Waals surface area (Å²) in [5.41, 5.74) is 1.88. The number of allylic oxidation sites excluding steroid dienone is 1. The zero-order valence-electron chi connectivity index (χ0n) is 25.6. The molecule has 1 saturated carbocycles. The van der Waals surface area contributed by atoms with Crippen LogP contribution in [0.15, 0.2) is 48.6 Å². The predicted octanol–water partition coefficient (Wildman–Crippen LogP) is 5.64. The van der Waals surface area contributed by atoms with Crippen LogP contribution in [0.5, 0.6) is 5.75 Å². The summed E-state index contributed by atoms with van der Waals surface area (Å²) in [5.74, 6) is 5.81. The summed E-state index contributed by atoms with van der Waals surface area (Å²) in [5, 5.41) is 11.8. The Hall–Kier alpha value is -2.99. The van der Waals surface area contributed by atoms with E-state index in [-0.39, 0.29) is 28.7 Å². The summed E-state index contributed by atoms with van der Waals surface area (Å²) in [6.07, 6.45) is 8.73. The summed E-state index contributed by atoms with van der Waals surface area (Å²) >= 11 is 6.41. The molecule has 1 spiro atoms. The van der Waals surface area contributed by atoms with Gasteiger partial charge in [-0.15, -0.1) is 5.92 Å². The second-order valence-electron chi connectivity index (χ2n) is 13.2. The van der Waals surface area contributed by atoms with Crippen molar-refractivity contribution in [3.8, 4) is 17.6 Å². The van der Waals surface area contributed by atoms with Crippen molar-refractivity contribution in [1.82, 2.24) is 4.72 Å². The first-order valence-corrected chi connectivity index (χ1v) is 17.6. The highest BCUT2D eigenvalue weighted by Gasteiger charge is 2.47. The maximum Gasteiger partial charge on any atom is 0.264 e. The molecule has 2 heterocycles. The first kappa shape index (κ1) is 31.0. The molecule has 1 fully saturated rings. The zero-order valence-corrected chi connectivity index (χ0v) is 27.2. The van der Waals surface area contributed by atoms with E-state index in [4.69, 9.17) is 16.3 Å². The molecule has 2 N–H and O–H groups in total. The number of carbonyl (C=O) groups is 1. The lowest BCUT2D eigenvalue weighted by Gasteiger charge is -2.47. The maximum absolute atomic E-state index is 13.4. The average Bonchev–Trinajstić information content (AvgIpc) is 3.11. The van der Waals surface area contributed by atoms with Gasteiger partial charge in [0.1, 0.15) is 11.4 Å². The molecule has 9 heteroatoms. The summed E-state index contributed by atoms with van der Waals surface area (Å²) in [4.78, 5) is 15.7. The fourth-order valence-electron chi connectivity index (χ4n) is 7.60. The standard InChI is InChI=1S/C35H41ClN2O5S/c1-4-15-35(40)17-5-7-23(2)24(3)44(41,42)37-33(39)26-10-14-32-31(19-26)38(20-27-9-12-30(27)35)21-34(22-43-32)16-6-8-25-18-28(36)11-13-29(25)34/h5,10-11,13-14,17-19,23-24,27,30,40H,6-9,12,16,20-22H2,1-3H3,(H,37,39)/b17-5-/t23-,24+,27-,30+,34-,35+/m0/s1. The van der Waals surface area contributed by atoms with Gasteiger partial charge < -0.3 is 14.7 Å². The van der Waals surface area contributed by atoms with Crippen LogP contribution < -0.4 is 14.4 Å². The molecule has 6 rings (SSSR count). The minimum absolute atomic E-state index is 0.0805. The van der Waals surface area contributed by atoms with Gasteiger partial charge in [-0.25, -0.2) is 13.1 Å². The zero-order chi connectivity index (χ0) is 31.3. The molecule has 6 atom stereocenters. The molecule has 0 aromatic heterocycles. The molecule has 2 aromatic carbocycles. The number of benzene rings is 2. The van der Waals surface area contributed by atoms with E-state index in [0.29, 0.717) is 31.9 Å². The first-order chi connectivity index (χ1) is 20.9. The number of aliphatic hydroxyl groups is 1. The van der Waals surface area contributed by atoms with Crippen LogP contribution in [0.25, 0.3) is 0 Å². The predicted molar refractivity (Wildman–Crippen MR) is 174 cm³/mol. The molecule has 7 nitrogen and oxygen atoms in total. The van der Waals surface area contributed by atoms with E-state index in [1.54, 1.807) is 38.1 Å². The maximum atomic E-state index is 13.4. The minimum atomic E-state index is -3.96. The Bertz CT molecular complexity index is 1660. The summed E-state index contributed by atoms with van der Waals surface area (Å²) < 4.78 is 35.4. The van der Waals surface area contributed by atoms with Crippen molar-refractivity contribution in [2.24, 2.45) is 17.8 Å². The number of hydrogen-bond acceptors (Lipinski definition) is 6. The second-order valence-corrected chi connectivity index (χ2v) is 15.7. The third kappa shape index (κ3) is 5.63. The molecule has 234 valence electrons. The van der Waals surface area contributed by atoms with Crippen LogP contribution >= 0.6 is 11.6 Å². The van der Waals surface area contributed by atoms with Gasteiger partial charge in [-0.2, -0.15) is 0 Å². The number of carbonyl (C=O) groups excluding carboxylic acids is 1. The number of rotatable bonds is 0. The molecule has 0 unspecified atom stereocenters. The quantitative estimate of drug-likeness (QED) is 0.287. The van der Waals surface area contributed by atoms with E-state index in [0.717, 1.165) is 42.8 Å². The van der Waals surface area contributed by atoms with Crippen molar-refractivity contribution >= 4 is 33.2 Å². The van der Waals surface area contributed by atoms with Crippen molar-refractivity contribution in [3.05, 3.63) is 70.3 Å². The fraction of sp³-hybridized carbons (Fsp3) is 0.514. The van der Waals surface area contributed by atoms with Gasteiger partial charge in [-0.3, -0.25) is 4.79 Å². The van der Waals surface area contributed by atoms with Crippen LogP contribution in [0.1, 0.15) is 74.4 Å². The van der Waals surface area contributed by atoms with Gasteiger partial charge in [0.2, 0.25) is 10.0 Å². The smallest absolute Gasteiger partial charge is 0.264 e. The third-order valence-electron chi connectivity index (χ3n) is 10.5. The van der Waals surface area contributed by atoms with Gasteiger partial charge >= 0.3 is 0 Å². The molecule has 4 aliphatic rings. The van der Waals surface area contributed by atoms with Crippen molar-refractivity contribution in [2.75, 3.05) is 24.6 Å². The monoisotopic (exact) mass is 636 g/mol. The number of ether oxygens (including phenoxy) is 1. The Morgan fingerprint density at radius 3 is 2.73 bits per heavy atom. The van der Waals surface area contributed by atoms with Crippen molar-refractivity contribution < 1.29 is 23.1 Å². The Morgan fingerprint density at radius 1 is 1.16 bits per heavy atom. The van der Waals surface area contributed by atoms with Crippen molar-refractivity contribution in [3.63, 3.8) is 0 Å². The molecule has 2 bridgehead atoms. The Kier molecular flexibility index (Phi) is 8.28. The summed E-state index contributed by atoms with van der Waals surface area (Å²) in [6, 6.07) is 11.3. The molecule has 44 heavy (non-hydrogen) atoms. The van der Waals surface area contributed by atoms with Crippen LogP contribution in [-0.2, 0) is 21.9 Å². The molecule has 0 radical (unpaired) electrons. The van der Waals surface area contributed by atoms with Gasteiger partial charge in [0.05, 0.1) is 17.5 Å². The second kappa shape index (κ2) is 11.7. The minimum Gasteiger partial charge on any atom is -0.490 e. The number of fused-ring (bicyclic) bond motifs is 4. The number of nitrogens with one attached hydrogen (secondary N) is 1. The third-order valence-corrected chi connectivity index (χ3v) is 12.6. The van der Waals surface area contributed by atoms with Crippen LogP contribution in [0.2, 0.25) is 5.02 Å². The van der Waals surface area contributed by atoms with Crippen LogP contribution in [0.3, 0.4) is 0 Å². The Balaban J connectivity index is 1.46. The van der Waals surface area contributed by atoms with Crippen molar-refractivity contribution in [1.29, 1.82) is 0 Å². The number of hydrogen-bond donors (Lipinski definition) is 2. The molecular weight excluding hydrogens is 596 g/mol. The number of nitrogens with zero attached hydrogens (tertiary/aromatic N) is 1. The molecule has 2 aromatic rings. The largest absolute Gasteiger partial charge is 0.490 e. The van der Waals surface area contributed by atoms with E-state index >= 15 is 0 Å². The average molecular weight is 637 g/mol. The lowest BCUT2D eigenvalue weighted by atomic mass is 9.64. The highest BCUT2D eigenvalue weighted by molar-refractivity contribution is 7.90. The number of amides is 1. The summed E-state index contributed by atoms with van der Waals surface area (Å²) in [6.45, 7) is 6.96. The van der Waals surface area contributed by atoms with Gasteiger partial charge in [0.25, 0.3) is 5.91 Å². The van der Waals surface area contributed by atoms with Crippen molar-refractivity contribution in [2.45, 2.75) is 75.6 Å². The number of halogens is 1. The summed E-state index contributed by atoms with van der Waals surface area (Å²) in [7, 11) is -3.96. The normalized spacial score (nSPS) is 33.7. The number of aryl methyl sites for hydroxylation is 1. The van der Waals surface area contributed by atoms with Gasteiger partial charge in [-0.1, -0.05) is 36.6 Å². The van der Waals surface area contributed by atoms with E-state index in [1.807, 2.05) is 19.1 Å². The molecule has 1 amide bonds. The molecule has 2 aliphatic heterocycles. The highest BCUT2D eigenvalue weighted by atomic mass is 35.5. The van der Waals surface area contributed by atoms with Crippen LogP contribution in [-0.4, -0.2) is 50.0 Å². The lowest BCUT2D eigenvalue weighted by molar-refractivity contribution is -0.00321. The van der Waals surface area contributed by atoms with E-state index in [1.165, 1.54) is 11.1 Å². The fourth-order valence-corrected chi connectivity index (χ4v) is 9.08. The Labute approximate surface area is 266 Å². The Morgan fingerprint density at radius 2 is 1.98 bits per heavy atom. The van der Waals surface area contributed by atoms with E-state index < -0.39 is 26.8 Å². The van der Waals surface area contributed by atoms with E-state index in [2.05, 4.69) is 33.6 Å². The van der Waals surface area contributed by atoms with Gasteiger partial charge in [-0.05, 0) is 112 Å². The lowest BCUT2D eigenvalue weighted by Crippen LogP contribution is -2.52. The molecular formula is C35H41ClN2O5S. The van der Waals surface area contributed by atoms with Crippen LogP contribution in [0, 0.1) is 29.6 Å². The number of anilines is 1. The topological polar surface area (TPSA) is 95.9 Å². The van der Waals surface area contributed by atoms with Crippen LogP contribution in [0.4, 0.5) is 5.69 Å². The van der Waals surface area contributed by atoms with Gasteiger partial charge in [0, 0.05) is 35.0 Å². The molecule has 0 saturated heterocycles. The highest BCUT2D eigenvalue weighted by Crippen LogP contribution is 2.48. The van der Waals surface area contributed by atoms with Gasteiger partial charge in [0.15, 0.2) is 0 Å².